The normalized spacial score (nSPS) is 15.8. The molecule has 7 heteroatoms. The van der Waals surface area contributed by atoms with Crippen LogP contribution in [-0.4, -0.2) is 27.5 Å². The Labute approximate surface area is 172 Å². The van der Waals surface area contributed by atoms with E-state index in [0.29, 0.717) is 11.3 Å². The number of amides is 1. The predicted octanol–water partition coefficient (Wildman–Crippen LogP) is 3.72. The summed E-state index contributed by atoms with van der Waals surface area (Å²) in [5, 5.41) is 2.93. The number of sulfonamides is 1. The van der Waals surface area contributed by atoms with Crippen LogP contribution in [0.4, 0.5) is 0 Å². The van der Waals surface area contributed by atoms with Gasteiger partial charge in [-0.25, -0.2) is 13.1 Å². The molecule has 29 heavy (non-hydrogen) atoms. The Bertz CT molecular complexity index is 982. The van der Waals surface area contributed by atoms with Crippen LogP contribution in [-0.2, 0) is 10.0 Å². The fourth-order valence-corrected chi connectivity index (χ4v) is 5.04. The zero-order chi connectivity index (χ0) is 21.0. The molecule has 0 aromatic heterocycles. The zero-order valence-electron chi connectivity index (χ0n) is 17.1. The summed E-state index contributed by atoms with van der Waals surface area (Å²) in [5.74, 6) is 0.361. The molecule has 0 radical (unpaired) electrons. The van der Waals surface area contributed by atoms with Gasteiger partial charge in [-0.15, -0.1) is 0 Å². The summed E-state index contributed by atoms with van der Waals surface area (Å²) >= 11 is 0. The van der Waals surface area contributed by atoms with Gasteiger partial charge in [0.1, 0.15) is 5.75 Å². The van der Waals surface area contributed by atoms with E-state index in [9.17, 15) is 13.2 Å². The van der Waals surface area contributed by atoms with E-state index in [2.05, 4.69) is 10.0 Å². The molecule has 2 N–H and O–H groups in total. The highest BCUT2D eigenvalue weighted by molar-refractivity contribution is 7.89. The Balaban J connectivity index is 1.76. The molecule has 156 valence electrons. The fraction of sp³-hybridized carbons (Fsp3) is 0.409. The molecule has 1 fully saturated rings. The number of ether oxygens (including phenoxy) is 1. The molecule has 1 aliphatic rings. The largest absolute Gasteiger partial charge is 0.496 e. The van der Waals surface area contributed by atoms with Crippen LogP contribution in [0.3, 0.4) is 0 Å². The van der Waals surface area contributed by atoms with Crippen LogP contribution in [0.2, 0.25) is 0 Å². The van der Waals surface area contributed by atoms with Gasteiger partial charge in [-0.3, -0.25) is 4.79 Å². The highest BCUT2D eigenvalue weighted by Gasteiger charge is 2.24. The van der Waals surface area contributed by atoms with Crippen LogP contribution in [0.1, 0.15) is 60.1 Å². The second-order valence-corrected chi connectivity index (χ2v) is 9.29. The topological polar surface area (TPSA) is 84.5 Å². The van der Waals surface area contributed by atoms with E-state index in [4.69, 9.17) is 4.74 Å². The van der Waals surface area contributed by atoms with Crippen molar-refractivity contribution in [3.05, 3.63) is 59.2 Å². The van der Waals surface area contributed by atoms with Gasteiger partial charge in [0, 0.05) is 17.2 Å². The van der Waals surface area contributed by atoms with Crippen LogP contribution < -0.4 is 14.8 Å². The second-order valence-electron chi connectivity index (χ2n) is 7.57. The quantitative estimate of drug-likeness (QED) is 0.721. The lowest BCUT2D eigenvalue weighted by Gasteiger charge is -2.18. The van der Waals surface area contributed by atoms with E-state index in [1.807, 2.05) is 32.0 Å². The predicted molar refractivity (Wildman–Crippen MR) is 113 cm³/mol. The lowest BCUT2D eigenvalue weighted by atomic mass is 10.0. The Morgan fingerprint density at radius 2 is 1.86 bits per heavy atom. The first kappa shape index (κ1) is 21.3. The Morgan fingerprint density at radius 1 is 1.14 bits per heavy atom. The van der Waals surface area contributed by atoms with Crippen molar-refractivity contribution in [2.45, 2.75) is 56.5 Å². The van der Waals surface area contributed by atoms with Crippen molar-refractivity contribution < 1.29 is 17.9 Å². The van der Waals surface area contributed by atoms with Crippen molar-refractivity contribution in [1.29, 1.82) is 0 Å². The number of rotatable bonds is 7. The van der Waals surface area contributed by atoms with E-state index in [0.717, 1.165) is 36.8 Å². The fourth-order valence-electron chi connectivity index (χ4n) is 3.69. The molecule has 0 heterocycles. The van der Waals surface area contributed by atoms with E-state index >= 15 is 0 Å². The summed E-state index contributed by atoms with van der Waals surface area (Å²) in [6.07, 6.45) is 3.79. The first-order valence-electron chi connectivity index (χ1n) is 9.88. The zero-order valence-corrected chi connectivity index (χ0v) is 17.9. The number of aryl methyl sites for hydroxylation is 1. The molecule has 2 aromatic rings. The number of benzene rings is 2. The minimum Gasteiger partial charge on any atom is -0.496 e. The molecule has 1 aliphatic carbocycles. The minimum absolute atomic E-state index is 0.0220. The summed E-state index contributed by atoms with van der Waals surface area (Å²) in [7, 11) is -2.05. The third-order valence-electron chi connectivity index (χ3n) is 5.28. The first-order valence-corrected chi connectivity index (χ1v) is 11.4. The standard InChI is InChI=1S/C22H28N2O4S/c1-15-11-12-21(28-3)20(13-15)16(2)23-22(25)17-7-6-10-19(14-17)29(26,27)24-18-8-4-5-9-18/h6-7,10-14,16,18,24H,4-5,8-9H2,1-3H3,(H,23,25). The maximum Gasteiger partial charge on any atom is 0.251 e. The maximum absolute atomic E-state index is 12.8. The summed E-state index contributed by atoms with van der Waals surface area (Å²) in [6, 6.07) is 11.6. The molecule has 1 saturated carbocycles. The second kappa shape index (κ2) is 8.97. The van der Waals surface area contributed by atoms with Gasteiger partial charge >= 0.3 is 0 Å². The van der Waals surface area contributed by atoms with Crippen molar-refractivity contribution in [2.75, 3.05) is 7.11 Å². The average Bonchev–Trinajstić information content (AvgIpc) is 3.20. The Hall–Kier alpha value is -2.38. The average molecular weight is 417 g/mol. The van der Waals surface area contributed by atoms with Crippen molar-refractivity contribution in [3.63, 3.8) is 0 Å². The smallest absolute Gasteiger partial charge is 0.251 e. The van der Waals surface area contributed by atoms with Crippen molar-refractivity contribution in [1.82, 2.24) is 10.0 Å². The van der Waals surface area contributed by atoms with E-state index < -0.39 is 10.0 Å². The molecule has 1 atom stereocenters. The number of carbonyl (C=O) groups excluding carboxylic acids is 1. The molecular formula is C22H28N2O4S. The third-order valence-corrected chi connectivity index (χ3v) is 6.80. The lowest BCUT2D eigenvalue weighted by Crippen LogP contribution is -2.33. The lowest BCUT2D eigenvalue weighted by molar-refractivity contribution is 0.0939. The van der Waals surface area contributed by atoms with Crippen LogP contribution in [0.15, 0.2) is 47.4 Å². The Kier molecular flexibility index (Phi) is 6.59. The van der Waals surface area contributed by atoms with E-state index in [1.54, 1.807) is 19.2 Å². The van der Waals surface area contributed by atoms with Crippen molar-refractivity contribution in [3.8, 4) is 5.75 Å². The highest BCUT2D eigenvalue weighted by Crippen LogP contribution is 2.26. The molecule has 0 spiro atoms. The van der Waals surface area contributed by atoms with Gasteiger partial charge in [0.2, 0.25) is 10.0 Å². The van der Waals surface area contributed by atoms with Crippen LogP contribution in [0, 0.1) is 6.92 Å². The molecule has 1 amide bonds. The number of nitrogens with one attached hydrogen (secondary N) is 2. The molecular weight excluding hydrogens is 388 g/mol. The molecule has 6 nitrogen and oxygen atoms in total. The number of methoxy groups -OCH3 is 1. The third kappa shape index (κ3) is 5.16. The van der Waals surface area contributed by atoms with E-state index in [-0.39, 0.29) is 22.9 Å². The van der Waals surface area contributed by atoms with Gasteiger partial charge in [-0.2, -0.15) is 0 Å². The van der Waals surface area contributed by atoms with Gasteiger partial charge in [0.05, 0.1) is 18.0 Å². The molecule has 0 aliphatic heterocycles. The van der Waals surface area contributed by atoms with Gasteiger partial charge in [-0.05, 0) is 51.0 Å². The first-order chi connectivity index (χ1) is 13.8. The number of carbonyl (C=O) groups is 1. The monoisotopic (exact) mass is 416 g/mol. The summed E-state index contributed by atoms with van der Waals surface area (Å²) in [4.78, 5) is 12.9. The van der Waals surface area contributed by atoms with Crippen LogP contribution >= 0.6 is 0 Å². The molecule has 2 aromatic carbocycles. The van der Waals surface area contributed by atoms with E-state index in [1.165, 1.54) is 12.1 Å². The van der Waals surface area contributed by atoms with Gasteiger partial charge in [0.25, 0.3) is 5.91 Å². The number of hydrogen-bond acceptors (Lipinski definition) is 4. The highest BCUT2D eigenvalue weighted by atomic mass is 32.2. The molecule has 0 bridgehead atoms. The summed E-state index contributed by atoms with van der Waals surface area (Å²) in [5.41, 5.74) is 2.23. The molecule has 3 rings (SSSR count). The van der Waals surface area contributed by atoms with Gasteiger partial charge in [0.15, 0.2) is 0 Å². The maximum atomic E-state index is 12.8. The van der Waals surface area contributed by atoms with Gasteiger partial charge < -0.3 is 10.1 Å². The molecule has 1 unspecified atom stereocenters. The van der Waals surface area contributed by atoms with Crippen LogP contribution in [0.25, 0.3) is 0 Å². The minimum atomic E-state index is -3.65. The van der Waals surface area contributed by atoms with Crippen molar-refractivity contribution in [2.24, 2.45) is 0 Å². The summed E-state index contributed by atoms with van der Waals surface area (Å²) in [6.45, 7) is 3.85. The van der Waals surface area contributed by atoms with Gasteiger partial charge in [-0.1, -0.05) is 36.6 Å². The molecule has 0 saturated heterocycles. The van der Waals surface area contributed by atoms with Crippen molar-refractivity contribution >= 4 is 15.9 Å². The summed E-state index contributed by atoms with van der Waals surface area (Å²) < 4.78 is 33.5. The number of hydrogen-bond donors (Lipinski definition) is 2. The van der Waals surface area contributed by atoms with Crippen LogP contribution in [0.5, 0.6) is 5.75 Å². The SMILES string of the molecule is COc1ccc(C)cc1C(C)NC(=O)c1cccc(S(=O)(=O)NC2CCCC2)c1. The Morgan fingerprint density at radius 3 is 2.55 bits per heavy atom.